The Balaban J connectivity index is 2.93. The van der Waals surface area contributed by atoms with Gasteiger partial charge >= 0.3 is 0 Å². The van der Waals surface area contributed by atoms with Gasteiger partial charge in [0.1, 0.15) is 5.82 Å². The molecule has 2 atom stereocenters. The SMILES string of the molecule is CCSC(c1ccccc1F)C(C)N. The monoisotopic (exact) mass is 213 g/mol. The Morgan fingerprint density at radius 3 is 2.57 bits per heavy atom. The van der Waals surface area contributed by atoms with Gasteiger partial charge in [0.2, 0.25) is 0 Å². The number of hydrogen-bond acceptors (Lipinski definition) is 2. The zero-order valence-electron chi connectivity index (χ0n) is 8.53. The lowest BCUT2D eigenvalue weighted by atomic mass is 10.1. The fourth-order valence-electron chi connectivity index (χ4n) is 1.41. The third-order valence-electron chi connectivity index (χ3n) is 2.04. The Morgan fingerprint density at radius 1 is 1.43 bits per heavy atom. The van der Waals surface area contributed by atoms with Gasteiger partial charge in [0, 0.05) is 16.9 Å². The summed E-state index contributed by atoms with van der Waals surface area (Å²) in [4.78, 5) is 0. The van der Waals surface area contributed by atoms with Crippen molar-refractivity contribution in [2.45, 2.75) is 25.1 Å². The summed E-state index contributed by atoms with van der Waals surface area (Å²) < 4.78 is 13.5. The Hall–Kier alpha value is -0.540. The molecule has 0 radical (unpaired) electrons. The van der Waals surface area contributed by atoms with Gasteiger partial charge in [-0.1, -0.05) is 25.1 Å². The lowest BCUT2D eigenvalue weighted by Crippen LogP contribution is -2.23. The van der Waals surface area contributed by atoms with Gasteiger partial charge < -0.3 is 5.73 Å². The van der Waals surface area contributed by atoms with Gasteiger partial charge in [0.15, 0.2) is 0 Å². The Kier molecular flexibility index (Phi) is 4.42. The van der Waals surface area contributed by atoms with Crippen LogP contribution in [0.3, 0.4) is 0 Å². The normalized spacial score (nSPS) is 15.1. The molecule has 78 valence electrons. The molecule has 1 rings (SSSR count). The molecule has 0 spiro atoms. The summed E-state index contributed by atoms with van der Waals surface area (Å²) in [5, 5.41) is 0.0567. The summed E-state index contributed by atoms with van der Waals surface area (Å²) in [7, 11) is 0. The molecule has 0 aliphatic carbocycles. The van der Waals surface area contributed by atoms with Crippen molar-refractivity contribution in [1.82, 2.24) is 0 Å². The summed E-state index contributed by atoms with van der Waals surface area (Å²) in [6.07, 6.45) is 0. The van der Waals surface area contributed by atoms with Gasteiger partial charge in [-0.2, -0.15) is 11.8 Å². The number of benzene rings is 1. The summed E-state index contributed by atoms with van der Waals surface area (Å²) in [6.45, 7) is 3.97. The molecular weight excluding hydrogens is 197 g/mol. The quantitative estimate of drug-likeness (QED) is 0.832. The van der Waals surface area contributed by atoms with Crippen molar-refractivity contribution in [3.05, 3.63) is 35.6 Å². The second kappa shape index (κ2) is 5.37. The third-order valence-corrected chi connectivity index (χ3v) is 3.41. The maximum Gasteiger partial charge on any atom is 0.127 e. The van der Waals surface area contributed by atoms with Gasteiger partial charge in [-0.15, -0.1) is 0 Å². The van der Waals surface area contributed by atoms with Crippen LogP contribution in [0, 0.1) is 5.82 Å². The lowest BCUT2D eigenvalue weighted by molar-refractivity contribution is 0.592. The molecule has 0 aromatic heterocycles. The van der Waals surface area contributed by atoms with Crippen molar-refractivity contribution in [3.8, 4) is 0 Å². The second-order valence-electron chi connectivity index (χ2n) is 3.26. The van der Waals surface area contributed by atoms with Crippen LogP contribution in [0.1, 0.15) is 24.7 Å². The largest absolute Gasteiger partial charge is 0.327 e. The predicted octanol–water partition coefficient (Wildman–Crippen LogP) is 2.97. The van der Waals surface area contributed by atoms with Crippen LogP contribution < -0.4 is 5.73 Å². The topological polar surface area (TPSA) is 26.0 Å². The van der Waals surface area contributed by atoms with Crippen molar-refractivity contribution in [1.29, 1.82) is 0 Å². The van der Waals surface area contributed by atoms with Crippen LogP contribution in [0.2, 0.25) is 0 Å². The first kappa shape index (κ1) is 11.5. The lowest BCUT2D eigenvalue weighted by Gasteiger charge is -2.20. The molecule has 0 saturated carbocycles. The van der Waals surface area contributed by atoms with E-state index in [9.17, 15) is 4.39 Å². The molecule has 2 unspecified atom stereocenters. The number of nitrogens with two attached hydrogens (primary N) is 1. The van der Waals surface area contributed by atoms with Crippen LogP contribution in [0.5, 0.6) is 0 Å². The average molecular weight is 213 g/mol. The molecule has 0 amide bonds. The van der Waals surface area contributed by atoms with E-state index in [0.717, 1.165) is 5.75 Å². The van der Waals surface area contributed by atoms with Crippen molar-refractivity contribution in [2.75, 3.05) is 5.75 Å². The highest BCUT2D eigenvalue weighted by atomic mass is 32.2. The van der Waals surface area contributed by atoms with Crippen LogP contribution in [-0.2, 0) is 0 Å². The first-order valence-electron chi connectivity index (χ1n) is 4.78. The maximum absolute atomic E-state index is 13.5. The minimum Gasteiger partial charge on any atom is -0.327 e. The van der Waals surface area contributed by atoms with E-state index < -0.39 is 0 Å². The van der Waals surface area contributed by atoms with Crippen molar-refractivity contribution in [3.63, 3.8) is 0 Å². The first-order chi connectivity index (χ1) is 6.66. The molecule has 0 fully saturated rings. The Morgan fingerprint density at radius 2 is 2.07 bits per heavy atom. The zero-order chi connectivity index (χ0) is 10.6. The van der Waals surface area contributed by atoms with Crippen LogP contribution in [0.25, 0.3) is 0 Å². The minimum absolute atomic E-state index is 0.0307. The first-order valence-corrected chi connectivity index (χ1v) is 5.83. The third kappa shape index (κ3) is 2.72. The van der Waals surface area contributed by atoms with Crippen LogP contribution in [0.4, 0.5) is 4.39 Å². The standard InChI is InChI=1S/C11H16FNS/c1-3-14-11(8(2)13)9-6-4-5-7-10(9)12/h4-8,11H,3,13H2,1-2H3. The summed E-state index contributed by atoms with van der Waals surface area (Å²) >= 11 is 1.69. The molecule has 3 heteroatoms. The van der Waals surface area contributed by atoms with Gasteiger partial charge in [-0.25, -0.2) is 4.39 Å². The number of rotatable bonds is 4. The van der Waals surface area contributed by atoms with E-state index in [2.05, 4.69) is 6.92 Å². The zero-order valence-corrected chi connectivity index (χ0v) is 9.35. The summed E-state index contributed by atoms with van der Waals surface area (Å²) in [5.74, 6) is 0.788. The molecular formula is C11H16FNS. The molecule has 2 N–H and O–H groups in total. The van der Waals surface area contributed by atoms with Gasteiger partial charge in [0.05, 0.1) is 0 Å². The highest BCUT2D eigenvalue weighted by molar-refractivity contribution is 7.99. The highest BCUT2D eigenvalue weighted by Gasteiger charge is 2.18. The summed E-state index contributed by atoms with van der Waals surface area (Å²) in [5.41, 5.74) is 6.55. The minimum atomic E-state index is -0.157. The van der Waals surface area contributed by atoms with E-state index in [1.807, 2.05) is 19.1 Å². The van der Waals surface area contributed by atoms with E-state index in [1.165, 1.54) is 6.07 Å². The van der Waals surface area contributed by atoms with E-state index in [1.54, 1.807) is 17.8 Å². The van der Waals surface area contributed by atoms with Gasteiger partial charge in [0.25, 0.3) is 0 Å². The summed E-state index contributed by atoms with van der Waals surface area (Å²) in [6, 6.07) is 6.82. The molecule has 1 aromatic rings. The highest BCUT2D eigenvalue weighted by Crippen LogP contribution is 2.32. The molecule has 0 aliphatic heterocycles. The number of hydrogen-bond donors (Lipinski definition) is 1. The molecule has 0 heterocycles. The molecule has 14 heavy (non-hydrogen) atoms. The Labute approximate surface area is 88.9 Å². The van der Waals surface area contributed by atoms with E-state index in [-0.39, 0.29) is 17.1 Å². The van der Waals surface area contributed by atoms with E-state index >= 15 is 0 Å². The van der Waals surface area contributed by atoms with Gasteiger partial charge in [-0.3, -0.25) is 0 Å². The van der Waals surface area contributed by atoms with Crippen molar-refractivity contribution < 1.29 is 4.39 Å². The van der Waals surface area contributed by atoms with Crippen molar-refractivity contribution in [2.24, 2.45) is 5.73 Å². The average Bonchev–Trinajstić information content (AvgIpc) is 2.15. The van der Waals surface area contributed by atoms with Crippen LogP contribution in [-0.4, -0.2) is 11.8 Å². The molecule has 1 aromatic carbocycles. The van der Waals surface area contributed by atoms with E-state index in [4.69, 9.17) is 5.73 Å². The fraction of sp³-hybridized carbons (Fsp3) is 0.455. The smallest absolute Gasteiger partial charge is 0.127 e. The fourth-order valence-corrected chi connectivity index (χ4v) is 2.44. The maximum atomic E-state index is 13.5. The Bertz CT molecular complexity index is 288. The van der Waals surface area contributed by atoms with E-state index in [0.29, 0.717) is 5.56 Å². The molecule has 1 nitrogen and oxygen atoms in total. The number of halogens is 1. The molecule has 0 aliphatic rings. The second-order valence-corrected chi connectivity index (χ2v) is 4.68. The molecule has 0 saturated heterocycles. The van der Waals surface area contributed by atoms with Gasteiger partial charge in [-0.05, 0) is 18.7 Å². The molecule has 0 bridgehead atoms. The number of thioether (sulfide) groups is 1. The van der Waals surface area contributed by atoms with Crippen LogP contribution >= 0.6 is 11.8 Å². The van der Waals surface area contributed by atoms with Crippen molar-refractivity contribution >= 4 is 11.8 Å². The predicted molar refractivity (Wildman–Crippen MR) is 60.9 cm³/mol. The van der Waals surface area contributed by atoms with Crippen LogP contribution in [0.15, 0.2) is 24.3 Å².